The lowest BCUT2D eigenvalue weighted by Crippen LogP contribution is -2.35. The molecule has 3 heteroatoms. The number of carbonyl (C=O) groups is 1. The number of amides is 1. The molecule has 0 aromatic heterocycles. The summed E-state index contributed by atoms with van der Waals surface area (Å²) in [6.07, 6.45) is 5.36. The second-order valence-corrected chi connectivity index (χ2v) is 6.37. The van der Waals surface area contributed by atoms with E-state index in [-0.39, 0.29) is 0 Å². The highest BCUT2D eigenvalue weighted by Crippen LogP contribution is 2.26. The van der Waals surface area contributed by atoms with Gasteiger partial charge in [-0.1, -0.05) is 27.2 Å². The van der Waals surface area contributed by atoms with Crippen LogP contribution < -0.4 is 0 Å². The van der Waals surface area contributed by atoms with Crippen molar-refractivity contribution in [3.05, 3.63) is 0 Å². The van der Waals surface area contributed by atoms with Gasteiger partial charge in [0, 0.05) is 19.5 Å². The van der Waals surface area contributed by atoms with E-state index in [1.165, 1.54) is 19.3 Å². The average Bonchev–Trinajstić information content (AvgIpc) is 2.52. The molecule has 106 valence electrons. The molecular weight excluding hydrogens is 242 g/mol. The van der Waals surface area contributed by atoms with E-state index in [4.69, 9.17) is 0 Å². The molecule has 0 radical (unpaired) electrons. The Morgan fingerprint density at radius 1 is 1.39 bits per heavy atom. The van der Waals surface area contributed by atoms with E-state index in [0.717, 1.165) is 37.6 Å². The van der Waals surface area contributed by atoms with E-state index in [1.54, 1.807) is 0 Å². The largest absolute Gasteiger partial charge is 0.342 e. The lowest BCUT2D eigenvalue weighted by atomic mass is 9.89. The zero-order valence-corrected chi connectivity index (χ0v) is 13.1. The smallest absolute Gasteiger partial charge is 0.222 e. The SMILES string of the molecule is CCCC(CS)CN1CCC(C(C)C)CCC1=O. The third-order valence-electron chi connectivity index (χ3n) is 4.23. The fraction of sp³-hybridized carbons (Fsp3) is 0.933. The number of carbonyl (C=O) groups excluding carboxylic acids is 1. The van der Waals surface area contributed by atoms with Crippen LogP contribution in [0.2, 0.25) is 0 Å². The summed E-state index contributed by atoms with van der Waals surface area (Å²) in [5.74, 6) is 3.25. The van der Waals surface area contributed by atoms with Crippen LogP contribution in [-0.2, 0) is 4.79 Å². The standard InChI is InChI=1S/C15H29NOS/c1-4-5-13(11-18)10-16-9-8-14(12(2)3)6-7-15(16)17/h12-14,18H,4-11H2,1-3H3. The first-order valence-electron chi connectivity index (χ1n) is 7.47. The van der Waals surface area contributed by atoms with Crippen molar-refractivity contribution in [2.24, 2.45) is 17.8 Å². The third kappa shape index (κ3) is 4.83. The molecule has 2 nitrogen and oxygen atoms in total. The normalized spacial score (nSPS) is 23.3. The van der Waals surface area contributed by atoms with Crippen LogP contribution in [0.15, 0.2) is 0 Å². The molecule has 1 aliphatic rings. The minimum absolute atomic E-state index is 0.362. The van der Waals surface area contributed by atoms with E-state index in [2.05, 4.69) is 38.3 Å². The van der Waals surface area contributed by atoms with Gasteiger partial charge in [-0.25, -0.2) is 0 Å². The highest BCUT2D eigenvalue weighted by molar-refractivity contribution is 7.80. The van der Waals surface area contributed by atoms with E-state index in [9.17, 15) is 4.79 Å². The molecule has 0 aromatic carbocycles. The van der Waals surface area contributed by atoms with Crippen molar-refractivity contribution in [3.63, 3.8) is 0 Å². The Balaban J connectivity index is 2.52. The van der Waals surface area contributed by atoms with Crippen molar-refractivity contribution in [2.45, 2.75) is 52.9 Å². The van der Waals surface area contributed by atoms with E-state index >= 15 is 0 Å². The Kier molecular flexibility index (Phi) is 7.13. The lowest BCUT2D eigenvalue weighted by Gasteiger charge is -2.26. The molecule has 1 heterocycles. The minimum Gasteiger partial charge on any atom is -0.342 e. The van der Waals surface area contributed by atoms with Gasteiger partial charge in [0.2, 0.25) is 5.91 Å². The molecule has 1 aliphatic heterocycles. The number of nitrogens with zero attached hydrogens (tertiary/aromatic N) is 1. The fourth-order valence-corrected chi connectivity index (χ4v) is 3.18. The maximum atomic E-state index is 12.1. The van der Waals surface area contributed by atoms with Gasteiger partial charge in [-0.2, -0.15) is 12.6 Å². The summed E-state index contributed by atoms with van der Waals surface area (Å²) < 4.78 is 0. The minimum atomic E-state index is 0.362. The van der Waals surface area contributed by atoms with Gasteiger partial charge in [0.15, 0.2) is 0 Å². The van der Waals surface area contributed by atoms with Gasteiger partial charge in [0.1, 0.15) is 0 Å². The summed E-state index contributed by atoms with van der Waals surface area (Å²) >= 11 is 4.42. The molecule has 0 spiro atoms. The van der Waals surface area contributed by atoms with Crippen LogP contribution in [0.25, 0.3) is 0 Å². The molecule has 0 N–H and O–H groups in total. The monoisotopic (exact) mass is 271 g/mol. The van der Waals surface area contributed by atoms with Crippen molar-refractivity contribution < 1.29 is 4.79 Å². The number of thiol groups is 1. The third-order valence-corrected chi connectivity index (χ3v) is 4.74. The molecule has 2 unspecified atom stereocenters. The lowest BCUT2D eigenvalue weighted by molar-refractivity contribution is -0.131. The molecule has 1 amide bonds. The van der Waals surface area contributed by atoms with E-state index in [1.807, 2.05) is 0 Å². The van der Waals surface area contributed by atoms with Gasteiger partial charge in [0.25, 0.3) is 0 Å². The summed E-state index contributed by atoms with van der Waals surface area (Å²) in [4.78, 5) is 14.2. The van der Waals surface area contributed by atoms with E-state index in [0.29, 0.717) is 17.7 Å². The fourth-order valence-electron chi connectivity index (χ4n) is 2.88. The zero-order chi connectivity index (χ0) is 13.5. The van der Waals surface area contributed by atoms with Crippen molar-refractivity contribution in [1.82, 2.24) is 4.90 Å². The van der Waals surface area contributed by atoms with Crippen molar-refractivity contribution in [2.75, 3.05) is 18.8 Å². The quantitative estimate of drug-likeness (QED) is 0.732. The Bertz CT molecular complexity index is 255. The van der Waals surface area contributed by atoms with Gasteiger partial charge in [-0.05, 0) is 42.8 Å². The molecule has 18 heavy (non-hydrogen) atoms. The first-order chi connectivity index (χ1) is 8.58. The Hall–Kier alpha value is -0.180. The molecule has 1 saturated heterocycles. The Labute approximate surface area is 118 Å². The molecule has 2 atom stereocenters. The number of likely N-dealkylation sites (tertiary alicyclic amines) is 1. The van der Waals surface area contributed by atoms with Gasteiger partial charge >= 0.3 is 0 Å². The first-order valence-corrected chi connectivity index (χ1v) is 8.10. The summed E-state index contributed by atoms with van der Waals surface area (Å²) in [5, 5.41) is 0. The van der Waals surface area contributed by atoms with Crippen LogP contribution in [0.4, 0.5) is 0 Å². The van der Waals surface area contributed by atoms with Gasteiger partial charge < -0.3 is 4.90 Å². The molecule has 1 rings (SSSR count). The predicted molar refractivity (Wildman–Crippen MR) is 81.0 cm³/mol. The second-order valence-electron chi connectivity index (χ2n) is 6.01. The molecule has 0 saturated carbocycles. The van der Waals surface area contributed by atoms with Crippen LogP contribution in [0.1, 0.15) is 52.9 Å². The second kappa shape index (κ2) is 8.08. The van der Waals surface area contributed by atoms with Gasteiger partial charge in [-0.15, -0.1) is 0 Å². The van der Waals surface area contributed by atoms with Crippen LogP contribution in [0.5, 0.6) is 0 Å². The predicted octanol–water partition coefficient (Wildman–Crippen LogP) is 3.62. The van der Waals surface area contributed by atoms with Crippen LogP contribution >= 0.6 is 12.6 Å². The van der Waals surface area contributed by atoms with Crippen LogP contribution in [0, 0.1) is 17.8 Å². The molecule has 0 aromatic rings. The number of hydrogen-bond acceptors (Lipinski definition) is 2. The molecule has 1 fully saturated rings. The van der Waals surface area contributed by atoms with Gasteiger partial charge in [-0.3, -0.25) is 4.79 Å². The summed E-state index contributed by atoms with van der Waals surface area (Å²) in [6.45, 7) is 8.63. The summed E-state index contributed by atoms with van der Waals surface area (Å²) in [6, 6.07) is 0. The number of rotatable bonds is 6. The number of hydrogen-bond donors (Lipinski definition) is 1. The molecule has 0 aliphatic carbocycles. The molecular formula is C15H29NOS. The molecule has 0 bridgehead atoms. The topological polar surface area (TPSA) is 20.3 Å². The van der Waals surface area contributed by atoms with Crippen LogP contribution in [0.3, 0.4) is 0 Å². The van der Waals surface area contributed by atoms with Crippen molar-refractivity contribution >= 4 is 18.5 Å². The highest BCUT2D eigenvalue weighted by Gasteiger charge is 2.25. The maximum Gasteiger partial charge on any atom is 0.222 e. The van der Waals surface area contributed by atoms with Crippen molar-refractivity contribution in [1.29, 1.82) is 0 Å². The zero-order valence-electron chi connectivity index (χ0n) is 12.2. The van der Waals surface area contributed by atoms with Gasteiger partial charge in [0.05, 0.1) is 0 Å². The maximum absolute atomic E-state index is 12.1. The summed E-state index contributed by atoms with van der Waals surface area (Å²) in [5.41, 5.74) is 0. The van der Waals surface area contributed by atoms with Crippen molar-refractivity contribution in [3.8, 4) is 0 Å². The Morgan fingerprint density at radius 2 is 2.11 bits per heavy atom. The highest BCUT2D eigenvalue weighted by atomic mass is 32.1. The first kappa shape index (κ1) is 15.9. The Morgan fingerprint density at radius 3 is 2.67 bits per heavy atom. The summed E-state index contributed by atoms with van der Waals surface area (Å²) in [7, 11) is 0. The van der Waals surface area contributed by atoms with Crippen LogP contribution in [-0.4, -0.2) is 29.6 Å². The average molecular weight is 271 g/mol. The van der Waals surface area contributed by atoms with E-state index < -0.39 is 0 Å².